The molecule has 0 aromatic heterocycles. The normalized spacial score (nSPS) is 15.9. The summed E-state index contributed by atoms with van der Waals surface area (Å²) in [6, 6.07) is 12.6. The lowest BCUT2D eigenvalue weighted by Crippen LogP contribution is -2.06. The molecule has 1 atom stereocenters. The molecule has 1 unspecified atom stereocenters. The van der Waals surface area contributed by atoms with Crippen LogP contribution in [0, 0.1) is 5.82 Å². The predicted octanol–water partition coefficient (Wildman–Crippen LogP) is 3.02. The van der Waals surface area contributed by atoms with Crippen LogP contribution in [-0.2, 0) is 9.53 Å². The fourth-order valence-electron chi connectivity index (χ4n) is 2.58. The van der Waals surface area contributed by atoms with Gasteiger partial charge in [0.15, 0.2) is 0 Å². The average molecular weight is 241 g/mol. The molecule has 0 spiro atoms. The van der Waals surface area contributed by atoms with Crippen LogP contribution in [0.2, 0.25) is 0 Å². The van der Waals surface area contributed by atoms with Crippen LogP contribution < -0.4 is 0 Å². The molecule has 2 aromatic rings. The molecule has 0 amide bonds. The fourth-order valence-corrected chi connectivity index (χ4v) is 2.58. The highest BCUT2D eigenvalue weighted by Gasteiger charge is 2.29. The molecule has 0 bridgehead atoms. The molecule has 1 aliphatic rings. The van der Waals surface area contributed by atoms with Crippen LogP contribution in [-0.4, -0.2) is 13.1 Å². The first-order valence-corrected chi connectivity index (χ1v) is 5.69. The van der Waals surface area contributed by atoms with Crippen molar-refractivity contribution in [2.24, 2.45) is 0 Å². The zero-order chi connectivity index (χ0) is 12.5. The molecule has 0 heterocycles. The molecule has 18 heavy (non-hydrogen) atoms. The third kappa shape index (κ3) is 1.59. The Balaban J connectivity index is 2.15. The van der Waals surface area contributed by atoms with Gasteiger partial charge in [-0.25, -0.2) is 9.18 Å². The molecule has 0 N–H and O–H groups in total. The quantitative estimate of drug-likeness (QED) is 0.825. The summed E-state index contributed by atoms with van der Waals surface area (Å²) in [5.41, 5.74) is 4.01. The van der Waals surface area contributed by atoms with E-state index in [1.807, 2.05) is 24.3 Å². The smallest absolute Gasteiger partial charge is 0.417 e. The molecule has 3 rings (SSSR count). The highest BCUT2D eigenvalue weighted by molar-refractivity contribution is 5.78. The van der Waals surface area contributed by atoms with E-state index < -0.39 is 0 Å². The summed E-state index contributed by atoms with van der Waals surface area (Å²) >= 11 is 0. The van der Waals surface area contributed by atoms with E-state index >= 15 is 0 Å². The summed E-state index contributed by atoms with van der Waals surface area (Å²) in [5.74, 6) is -0.380. The van der Waals surface area contributed by atoms with Crippen molar-refractivity contribution in [3.63, 3.8) is 0 Å². The molecule has 1 aliphatic carbocycles. The molecule has 0 saturated carbocycles. The number of carbonyl (C=O) groups excluding carboxylic acids is 1. The average Bonchev–Trinajstić information content (AvgIpc) is 2.70. The Kier molecular flexibility index (Phi) is 2.59. The Bertz CT molecular complexity index is 607. The number of hydrogen-bond acceptors (Lipinski definition) is 2. The van der Waals surface area contributed by atoms with E-state index in [1.165, 1.54) is 18.6 Å². The summed E-state index contributed by atoms with van der Waals surface area (Å²) in [6.07, 6.45) is 0. The van der Waals surface area contributed by atoms with Crippen molar-refractivity contribution < 1.29 is 13.9 Å². The second-order valence-corrected chi connectivity index (χ2v) is 4.27. The predicted molar refractivity (Wildman–Crippen MR) is 65.3 cm³/mol. The van der Waals surface area contributed by atoms with Crippen molar-refractivity contribution in [2.45, 2.75) is 5.92 Å². The minimum absolute atomic E-state index is 0.103. The second-order valence-electron chi connectivity index (χ2n) is 4.27. The van der Waals surface area contributed by atoms with Gasteiger partial charge in [0.25, 0.3) is 0 Å². The molecular formula is C15H10FO2. The molecule has 89 valence electrons. The van der Waals surface area contributed by atoms with Gasteiger partial charge in [-0.05, 0) is 34.4 Å². The van der Waals surface area contributed by atoms with Gasteiger partial charge in [0, 0.05) is 5.92 Å². The summed E-state index contributed by atoms with van der Waals surface area (Å²) < 4.78 is 18.1. The van der Waals surface area contributed by atoms with Crippen molar-refractivity contribution in [1.82, 2.24) is 0 Å². The van der Waals surface area contributed by atoms with Crippen LogP contribution in [0.3, 0.4) is 0 Å². The first-order valence-electron chi connectivity index (χ1n) is 5.69. The maximum atomic E-state index is 13.4. The summed E-state index contributed by atoms with van der Waals surface area (Å²) in [6.45, 7) is 1.62. The number of hydrogen-bond donors (Lipinski definition) is 0. The monoisotopic (exact) mass is 241 g/mol. The molecule has 0 aliphatic heterocycles. The summed E-state index contributed by atoms with van der Waals surface area (Å²) in [4.78, 5) is 10.2. The van der Waals surface area contributed by atoms with Gasteiger partial charge in [0.1, 0.15) is 12.4 Å². The topological polar surface area (TPSA) is 26.3 Å². The zero-order valence-electron chi connectivity index (χ0n) is 9.52. The fraction of sp³-hybridized carbons (Fsp3) is 0.133. The lowest BCUT2D eigenvalue weighted by Gasteiger charge is -2.11. The summed E-state index contributed by atoms with van der Waals surface area (Å²) in [7, 11) is 0. The molecule has 2 nitrogen and oxygen atoms in total. The lowest BCUT2D eigenvalue weighted by molar-refractivity contribution is 0.268. The number of fused-ring (bicyclic) bond motifs is 3. The molecular weight excluding hydrogens is 231 g/mol. The minimum atomic E-state index is -0.276. The third-order valence-corrected chi connectivity index (χ3v) is 3.32. The number of rotatable bonds is 3. The van der Waals surface area contributed by atoms with Gasteiger partial charge >= 0.3 is 6.47 Å². The maximum Gasteiger partial charge on any atom is 0.417 e. The Hall–Kier alpha value is -2.16. The largest absolute Gasteiger partial charge is 0.456 e. The van der Waals surface area contributed by atoms with Crippen LogP contribution in [0.15, 0.2) is 42.5 Å². The van der Waals surface area contributed by atoms with E-state index in [4.69, 9.17) is 4.74 Å². The van der Waals surface area contributed by atoms with E-state index in [9.17, 15) is 9.18 Å². The van der Waals surface area contributed by atoms with Crippen molar-refractivity contribution in [3.8, 4) is 11.1 Å². The number of ether oxygens (including phenoxy) is 1. The minimum Gasteiger partial charge on any atom is -0.456 e. The highest BCUT2D eigenvalue weighted by Crippen LogP contribution is 2.44. The summed E-state index contributed by atoms with van der Waals surface area (Å²) in [5, 5.41) is 0. The first kappa shape index (κ1) is 11.0. The zero-order valence-corrected chi connectivity index (χ0v) is 9.52. The van der Waals surface area contributed by atoms with Gasteiger partial charge in [0.2, 0.25) is 0 Å². The number of benzene rings is 2. The van der Waals surface area contributed by atoms with E-state index in [2.05, 4.69) is 0 Å². The molecule has 2 aromatic carbocycles. The highest BCUT2D eigenvalue weighted by atomic mass is 19.1. The maximum absolute atomic E-state index is 13.4. The number of halogens is 1. The Morgan fingerprint density at radius 1 is 1.11 bits per heavy atom. The van der Waals surface area contributed by atoms with Crippen molar-refractivity contribution in [3.05, 3.63) is 59.4 Å². The van der Waals surface area contributed by atoms with Crippen molar-refractivity contribution >= 4 is 6.47 Å². The van der Waals surface area contributed by atoms with Crippen molar-refractivity contribution in [1.29, 1.82) is 0 Å². The van der Waals surface area contributed by atoms with Gasteiger partial charge < -0.3 is 4.74 Å². The van der Waals surface area contributed by atoms with E-state index in [-0.39, 0.29) is 18.3 Å². The Morgan fingerprint density at radius 3 is 2.72 bits per heavy atom. The first-order chi connectivity index (χ1) is 8.81. The van der Waals surface area contributed by atoms with Crippen LogP contribution in [0.25, 0.3) is 11.1 Å². The van der Waals surface area contributed by atoms with Gasteiger partial charge in [-0.15, -0.1) is 0 Å². The van der Waals surface area contributed by atoms with E-state index in [1.54, 1.807) is 6.07 Å². The Morgan fingerprint density at radius 2 is 1.89 bits per heavy atom. The molecule has 0 saturated heterocycles. The molecule has 1 radical (unpaired) electrons. The standard InChI is InChI=1S/C15H10FO2/c16-10-5-6-13-11-3-1-2-4-12(11)15(8-18-9-17)14(13)7-10/h1-7,15H,8H2. The molecule has 3 heteroatoms. The van der Waals surface area contributed by atoms with Crippen LogP contribution in [0.4, 0.5) is 4.39 Å². The second kappa shape index (κ2) is 4.26. The van der Waals surface area contributed by atoms with Crippen LogP contribution in [0.5, 0.6) is 0 Å². The van der Waals surface area contributed by atoms with Crippen molar-refractivity contribution in [2.75, 3.05) is 6.61 Å². The van der Waals surface area contributed by atoms with Gasteiger partial charge in [0.05, 0.1) is 0 Å². The van der Waals surface area contributed by atoms with E-state index in [0.717, 1.165) is 22.3 Å². The molecule has 0 fully saturated rings. The van der Waals surface area contributed by atoms with E-state index in [0.29, 0.717) is 0 Å². The van der Waals surface area contributed by atoms with Gasteiger partial charge in [-0.1, -0.05) is 30.3 Å². The van der Waals surface area contributed by atoms with Gasteiger partial charge in [-0.2, -0.15) is 0 Å². The van der Waals surface area contributed by atoms with Crippen LogP contribution >= 0.6 is 0 Å². The van der Waals surface area contributed by atoms with Gasteiger partial charge in [-0.3, -0.25) is 0 Å². The lowest BCUT2D eigenvalue weighted by atomic mass is 9.98. The SMILES string of the molecule is O=[C]OCC1c2ccccc2-c2ccc(F)cc21. The Labute approximate surface area is 104 Å². The van der Waals surface area contributed by atoms with Crippen LogP contribution in [0.1, 0.15) is 17.0 Å². The third-order valence-electron chi connectivity index (χ3n) is 3.32.